The minimum absolute atomic E-state index is 0.0239. The molecular formula is C16H24N2O6SSi. The van der Waals surface area contributed by atoms with Crippen LogP contribution < -0.4 is 0 Å². The Morgan fingerprint density at radius 1 is 1.31 bits per heavy atom. The second kappa shape index (κ2) is 6.00. The molecule has 2 amide bonds. The molecule has 8 nitrogen and oxygen atoms in total. The van der Waals surface area contributed by atoms with E-state index in [9.17, 15) is 24.6 Å². The Morgan fingerprint density at radius 3 is 2.42 bits per heavy atom. The van der Waals surface area contributed by atoms with Gasteiger partial charge >= 0.3 is 12.1 Å². The van der Waals surface area contributed by atoms with Gasteiger partial charge in [-0.2, -0.15) is 0 Å². The number of hydrogen-bond acceptors (Lipinski definition) is 5. The fourth-order valence-corrected chi connectivity index (χ4v) is 5.80. The van der Waals surface area contributed by atoms with Gasteiger partial charge in [-0.25, -0.2) is 9.59 Å². The Bertz CT molecular complexity index is 716. The molecule has 0 unspecified atom stereocenters. The number of rotatable bonds is 4. The maximum absolute atomic E-state index is 12.5. The van der Waals surface area contributed by atoms with Crippen molar-refractivity contribution in [3.63, 3.8) is 0 Å². The minimum Gasteiger partial charge on any atom is -0.477 e. The number of nitrogens with zero attached hydrogens (tertiary/aromatic N) is 2. The number of carbonyl (C=O) groups excluding carboxylic acids is 1. The molecule has 2 fully saturated rings. The van der Waals surface area contributed by atoms with E-state index in [-0.39, 0.29) is 29.1 Å². The van der Waals surface area contributed by atoms with Gasteiger partial charge < -0.3 is 14.6 Å². The van der Waals surface area contributed by atoms with Crippen molar-refractivity contribution in [2.75, 3.05) is 13.2 Å². The van der Waals surface area contributed by atoms with E-state index in [0.717, 1.165) is 4.90 Å². The van der Waals surface area contributed by atoms with E-state index in [0.29, 0.717) is 4.91 Å². The highest BCUT2D eigenvalue weighted by molar-refractivity contribution is 8.03. The summed E-state index contributed by atoms with van der Waals surface area (Å²) in [7, 11) is -2.09. The van der Waals surface area contributed by atoms with Crippen molar-refractivity contribution in [2.45, 2.75) is 56.2 Å². The van der Waals surface area contributed by atoms with Gasteiger partial charge in [0.15, 0.2) is 8.32 Å². The van der Waals surface area contributed by atoms with E-state index in [1.165, 1.54) is 16.7 Å². The second-order valence-corrected chi connectivity index (χ2v) is 14.5. The van der Waals surface area contributed by atoms with Crippen molar-refractivity contribution in [1.29, 1.82) is 0 Å². The van der Waals surface area contributed by atoms with Crippen LogP contribution in [0.25, 0.3) is 0 Å². The first-order chi connectivity index (χ1) is 11.9. The standard InChI is InChI=1S/C16H24N2O6SSi/c1-16(2,3)26(4,5)24-7-9-11(14(20)21)18-10-8(25-9)6-17(15(22)23)12(10)13(18)19/h8,10,12H,6-7H2,1-5H3,(H,20,21)(H,22,23)/t8-,10-,12+/m1/s1. The van der Waals surface area contributed by atoms with Crippen LogP contribution in [-0.2, 0) is 14.0 Å². The molecule has 0 aromatic carbocycles. The lowest BCUT2D eigenvalue weighted by molar-refractivity contribution is -0.154. The Kier molecular flexibility index (Phi) is 4.44. The molecule has 3 heterocycles. The molecule has 0 aliphatic carbocycles. The van der Waals surface area contributed by atoms with Crippen molar-refractivity contribution in [3.05, 3.63) is 10.6 Å². The molecule has 3 aliphatic heterocycles. The van der Waals surface area contributed by atoms with Gasteiger partial charge in [0.25, 0.3) is 5.91 Å². The minimum atomic E-state index is -2.09. The van der Waals surface area contributed by atoms with Gasteiger partial charge in [-0.15, -0.1) is 11.8 Å². The maximum atomic E-state index is 12.5. The number of β-lactam (4-membered cyclic amide) rings is 1. The fourth-order valence-electron chi connectivity index (χ4n) is 3.32. The number of carboxylic acid groups (broad SMARTS) is 2. The van der Waals surface area contributed by atoms with Crippen molar-refractivity contribution < 1.29 is 29.0 Å². The van der Waals surface area contributed by atoms with Gasteiger partial charge in [0.2, 0.25) is 0 Å². The zero-order valence-electron chi connectivity index (χ0n) is 15.5. The van der Waals surface area contributed by atoms with E-state index in [1.807, 2.05) is 0 Å². The number of likely N-dealkylation sites (tertiary alicyclic amines) is 1. The summed E-state index contributed by atoms with van der Waals surface area (Å²) in [5.41, 5.74) is -0.0524. The van der Waals surface area contributed by atoms with Crippen LogP contribution in [0.1, 0.15) is 20.8 Å². The molecule has 144 valence electrons. The first-order valence-corrected chi connectivity index (χ1v) is 12.3. The van der Waals surface area contributed by atoms with Crippen LogP contribution in [0.3, 0.4) is 0 Å². The highest BCUT2D eigenvalue weighted by Crippen LogP contribution is 2.49. The number of aliphatic carboxylic acids is 1. The average Bonchev–Trinajstić information content (AvgIpc) is 2.87. The Morgan fingerprint density at radius 2 is 1.92 bits per heavy atom. The largest absolute Gasteiger partial charge is 0.477 e. The lowest BCUT2D eigenvalue weighted by atomic mass is 9.94. The molecule has 0 radical (unpaired) electrons. The topological polar surface area (TPSA) is 107 Å². The Labute approximate surface area is 157 Å². The average molecular weight is 401 g/mol. The lowest BCUT2D eigenvalue weighted by Gasteiger charge is -2.49. The quantitative estimate of drug-likeness (QED) is 0.549. The van der Waals surface area contributed by atoms with Crippen molar-refractivity contribution in [2.24, 2.45) is 0 Å². The highest BCUT2D eigenvalue weighted by atomic mass is 32.2. The smallest absolute Gasteiger partial charge is 0.408 e. The Balaban J connectivity index is 1.88. The van der Waals surface area contributed by atoms with Crippen molar-refractivity contribution in [3.8, 4) is 0 Å². The maximum Gasteiger partial charge on any atom is 0.408 e. The summed E-state index contributed by atoms with van der Waals surface area (Å²) >= 11 is 1.34. The summed E-state index contributed by atoms with van der Waals surface area (Å²) in [6.07, 6.45) is -1.14. The van der Waals surface area contributed by atoms with Gasteiger partial charge in [-0.1, -0.05) is 20.8 Å². The Hall–Kier alpha value is -1.52. The normalized spacial score (nSPS) is 28.2. The molecular weight excluding hydrogens is 376 g/mol. The highest BCUT2D eigenvalue weighted by Gasteiger charge is 2.64. The van der Waals surface area contributed by atoms with Crippen LogP contribution >= 0.6 is 11.8 Å². The van der Waals surface area contributed by atoms with Gasteiger partial charge in [0, 0.05) is 11.4 Å². The number of carbonyl (C=O) groups is 3. The van der Waals surface area contributed by atoms with E-state index in [2.05, 4.69) is 33.9 Å². The molecule has 0 bridgehead atoms. The zero-order chi connectivity index (χ0) is 19.6. The number of thioether (sulfide) groups is 1. The third kappa shape index (κ3) is 2.74. The predicted molar refractivity (Wildman–Crippen MR) is 98.3 cm³/mol. The molecule has 10 heteroatoms. The van der Waals surface area contributed by atoms with E-state index in [4.69, 9.17) is 4.43 Å². The number of hydrogen-bond donors (Lipinski definition) is 2. The van der Waals surface area contributed by atoms with E-state index < -0.39 is 38.4 Å². The van der Waals surface area contributed by atoms with Gasteiger partial charge in [-0.3, -0.25) is 14.6 Å². The van der Waals surface area contributed by atoms with Crippen LogP contribution in [0.15, 0.2) is 10.6 Å². The van der Waals surface area contributed by atoms with Crippen molar-refractivity contribution >= 4 is 38.0 Å². The fraction of sp³-hybridized carbons (Fsp3) is 0.688. The number of amides is 2. The molecule has 0 saturated carbocycles. The summed E-state index contributed by atoms with van der Waals surface area (Å²) in [5.74, 6) is -1.63. The molecule has 3 rings (SSSR count). The van der Waals surface area contributed by atoms with E-state index >= 15 is 0 Å². The zero-order valence-corrected chi connectivity index (χ0v) is 17.3. The van der Waals surface area contributed by atoms with Crippen LogP contribution in [0.2, 0.25) is 18.1 Å². The second-order valence-electron chi connectivity index (χ2n) is 8.36. The van der Waals surface area contributed by atoms with E-state index in [1.54, 1.807) is 0 Å². The number of carboxylic acids is 1. The molecule has 26 heavy (non-hydrogen) atoms. The molecule has 3 aliphatic rings. The molecule has 0 aromatic rings. The first kappa shape index (κ1) is 19.2. The van der Waals surface area contributed by atoms with Gasteiger partial charge in [-0.05, 0) is 18.1 Å². The molecule has 0 aromatic heterocycles. The molecule has 0 spiro atoms. The van der Waals surface area contributed by atoms with Crippen LogP contribution in [0, 0.1) is 0 Å². The monoisotopic (exact) mass is 400 g/mol. The SMILES string of the molecule is CC(C)(C)[Si](C)(C)OCC1=C(C(=O)O)N2C(=O)[C@@H]3[C@H]2[C@@H](CN3C(=O)O)S1. The molecule has 2 saturated heterocycles. The van der Waals surface area contributed by atoms with Gasteiger partial charge in [0.05, 0.1) is 17.9 Å². The summed E-state index contributed by atoms with van der Waals surface area (Å²) in [6.45, 7) is 10.8. The predicted octanol–water partition coefficient (Wildman–Crippen LogP) is 1.99. The summed E-state index contributed by atoms with van der Waals surface area (Å²) in [6, 6.07) is -1.16. The van der Waals surface area contributed by atoms with Crippen LogP contribution in [0.5, 0.6) is 0 Å². The lowest BCUT2D eigenvalue weighted by Crippen LogP contribution is -2.69. The van der Waals surface area contributed by atoms with Gasteiger partial charge in [0.1, 0.15) is 11.7 Å². The van der Waals surface area contributed by atoms with Crippen molar-refractivity contribution in [1.82, 2.24) is 9.80 Å². The third-order valence-corrected chi connectivity index (χ3v) is 11.6. The van der Waals surface area contributed by atoms with Crippen LogP contribution in [0.4, 0.5) is 4.79 Å². The summed E-state index contributed by atoms with van der Waals surface area (Å²) < 4.78 is 6.17. The molecule has 3 atom stereocenters. The first-order valence-electron chi connectivity index (χ1n) is 8.46. The molecule has 2 N–H and O–H groups in total. The summed E-state index contributed by atoms with van der Waals surface area (Å²) in [4.78, 5) is 38.6. The van der Waals surface area contributed by atoms with Crippen LogP contribution in [-0.4, -0.2) is 76.8 Å². The third-order valence-electron chi connectivity index (χ3n) is 5.82. The summed E-state index contributed by atoms with van der Waals surface area (Å²) in [5, 5.41) is 18.8.